The third-order valence-electron chi connectivity index (χ3n) is 4.50. The third kappa shape index (κ3) is 2.97. The smallest absolute Gasteiger partial charge is 0.332 e. The van der Waals surface area contributed by atoms with Crippen LogP contribution in [0.25, 0.3) is 11.2 Å². The standard InChI is InChI=1S/C17H22N4O5/c1-9(2)7-20-14-13(15(23)19(4)17(20)25)21(8-18-14)12-6-11(22)5-10(3)16(24)26-12/h8-10,12H,5-7H2,1-4H3. The minimum Gasteiger partial charge on any atom is -0.440 e. The molecule has 9 heteroatoms. The predicted molar refractivity (Wildman–Crippen MR) is 92.6 cm³/mol. The molecule has 0 bridgehead atoms. The number of hydrogen-bond acceptors (Lipinski definition) is 6. The number of fused-ring (bicyclic) bond motifs is 1. The van der Waals surface area contributed by atoms with Gasteiger partial charge >= 0.3 is 11.7 Å². The number of esters is 1. The molecule has 9 nitrogen and oxygen atoms in total. The minimum absolute atomic E-state index is 0.0337. The number of nitrogens with zero attached hydrogens (tertiary/aromatic N) is 4. The Morgan fingerprint density at radius 3 is 2.58 bits per heavy atom. The van der Waals surface area contributed by atoms with Crippen LogP contribution in [0.1, 0.15) is 39.8 Å². The van der Waals surface area contributed by atoms with E-state index in [0.29, 0.717) is 6.54 Å². The van der Waals surface area contributed by atoms with Crippen LogP contribution in [-0.4, -0.2) is 30.4 Å². The van der Waals surface area contributed by atoms with Gasteiger partial charge in [0.05, 0.1) is 12.3 Å². The van der Waals surface area contributed by atoms with Gasteiger partial charge in [-0.05, 0) is 5.92 Å². The van der Waals surface area contributed by atoms with Gasteiger partial charge in [0.15, 0.2) is 17.4 Å². The van der Waals surface area contributed by atoms with Crippen molar-refractivity contribution >= 4 is 22.9 Å². The van der Waals surface area contributed by atoms with Crippen molar-refractivity contribution in [2.24, 2.45) is 18.9 Å². The molecule has 140 valence electrons. The Balaban J connectivity index is 2.21. The van der Waals surface area contributed by atoms with E-state index in [9.17, 15) is 19.2 Å². The summed E-state index contributed by atoms with van der Waals surface area (Å²) in [6, 6.07) is 0. The van der Waals surface area contributed by atoms with E-state index in [2.05, 4.69) is 4.98 Å². The second-order valence-corrected chi connectivity index (χ2v) is 7.21. The molecule has 1 fully saturated rings. The fourth-order valence-corrected chi connectivity index (χ4v) is 3.17. The highest BCUT2D eigenvalue weighted by Crippen LogP contribution is 2.26. The largest absolute Gasteiger partial charge is 0.440 e. The van der Waals surface area contributed by atoms with Crippen molar-refractivity contribution in [3.63, 3.8) is 0 Å². The average Bonchev–Trinajstić information content (AvgIpc) is 2.95. The molecular formula is C17H22N4O5. The second-order valence-electron chi connectivity index (χ2n) is 7.21. The summed E-state index contributed by atoms with van der Waals surface area (Å²) in [4.78, 5) is 53.5. The molecule has 0 aliphatic carbocycles. The first-order chi connectivity index (χ1) is 12.2. The molecule has 2 aromatic heterocycles. The van der Waals surface area contributed by atoms with Crippen molar-refractivity contribution in [3.8, 4) is 0 Å². The summed E-state index contributed by atoms with van der Waals surface area (Å²) in [6.07, 6.45) is 0.484. The van der Waals surface area contributed by atoms with Crippen LogP contribution in [0.5, 0.6) is 0 Å². The van der Waals surface area contributed by atoms with E-state index in [4.69, 9.17) is 4.74 Å². The predicted octanol–water partition coefficient (Wildman–Crippen LogP) is 0.593. The van der Waals surface area contributed by atoms with E-state index < -0.39 is 29.4 Å². The molecule has 3 heterocycles. The Hall–Kier alpha value is -2.71. The summed E-state index contributed by atoms with van der Waals surface area (Å²) in [6.45, 7) is 5.93. The van der Waals surface area contributed by atoms with Crippen molar-refractivity contribution in [1.29, 1.82) is 0 Å². The molecular weight excluding hydrogens is 340 g/mol. The molecule has 3 rings (SSSR count). The summed E-state index contributed by atoms with van der Waals surface area (Å²) < 4.78 is 9.25. The number of rotatable bonds is 3. The first-order valence-corrected chi connectivity index (χ1v) is 8.59. The van der Waals surface area contributed by atoms with Crippen molar-refractivity contribution in [3.05, 3.63) is 27.2 Å². The van der Waals surface area contributed by atoms with Gasteiger partial charge in [-0.3, -0.25) is 28.1 Å². The Kier molecular flexibility index (Phi) is 4.55. The van der Waals surface area contributed by atoms with Crippen LogP contribution in [0, 0.1) is 11.8 Å². The van der Waals surface area contributed by atoms with Crippen molar-refractivity contribution in [1.82, 2.24) is 18.7 Å². The Labute approximate surface area is 149 Å². The number of Topliss-reactive ketones (excluding diaryl/α,β-unsaturated/α-hetero) is 1. The number of carbonyl (C=O) groups excluding carboxylic acids is 2. The summed E-state index contributed by atoms with van der Waals surface area (Å²) in [7, 11) is 1.39. The fourth-order valence-electron chi connectivity index (χ4n) is 3.17. The van der Waals surface area contributed by atoms with Crippen LogP contribution >= 0.6 is 0 Å². The normalized spacial score (nSPS) is 21.3. The van der Waals surface area contributed by atoms with E-state index in [1.54, 1.807) is 6.92 Å². The van der Waals surface area contributed by atoms with Gasteiger partial charge in [-0.15, -0.1) is 0 Å². The number of ketones is 1. The maximum absolute atomic E-state index is 12.7. The number of cyclic esters (lactones) is 1. The number of imidazole rings is 1. The monoisotopic (exact) mass is 362 g/mol. The zero-order valence-corrected chi connectivity index (χ0v) is 15.3. The molecule has 0 spiro atoms. The molecule has 2 unspecified atom stereocenters. The van der Waals surface area contributed by atoms with E-state index in [1.807, 2.05) is 13.8 Å². The Morgan fingerprint density at radius 2 is 1.92 bits per heavy atom. The van der Waals surface area contributed by atoms with E-state index in [-0.39, 0.29) is 35.7 Å². The molecule has 2 aromatic rings. The molecule has 26 heavy (non-hydrogen) atoms. The molecule has 1 aliphatic rings. The molecule has 0 aromatic carbocycles. The van der Waals surface area contributed by atoms with Gasteiger partial charge in [-0.25, -0.2) is 9.78 Å². The third-order valence-corrected chi connectivity index (χ3v) is 4.50. The minimum atomic E-state index is -0.942. The highest BCUT2D eigenvalue weighted by Gasteiger charge is 2.32. The van der Waals surface area contributed by atoms with Gasteiger partial charge in [0.25, 0.3) is 5.56 Å². The van der Waals surface area contributed by atoms with Crippen LogP contribution in [0.2, 0.25) is 0 Å². The summed E-state index contributed by atoms with van der Waals surface area (Å²) in [5, 5.41) is 0. The number of hydrogen-bond donors (Lipinski definition) is 0. The van der Waals surface area contributed by atoms with Crippen LogP contribution in [-0.2, 0) is 27.9 Å². The van der Waals surface area contributed by atoms with Gasteiger partial charge in [0.1, 0.15) is 12.1 Å². The molecule has 2 atom stereocenters. The Morgan fingerprint density at radius 1 is 1.23 bits per heavy atom. The van der Waals surface area contributed by atoms with E-state index in [0.717, 1.165) is 4.57 Å². The first kappa shape index (κ1) is 18.1. The van der Waals surface area contributed by atoms with Gasteiger partial charge in [0, 0.05) is 20.0 Å². The first-order valence-electron chi connectivity index (χ1n) is 8.59. The SMILES string of the molecule is CC(C)Cn1c(=O)n(C)c(=O)c2c1ncn2C1CC(=O)CC(C)C(=O)O1. The molecule has 0 saturated carbocycles. The van der Waals surface area contributed by atoms with Crippen molar-refractivity contribution in [2.45, 2.75) is 46.4 Å². The lowest BCUT2D eigenvalue weighted by molar-refractivity contribution is -0.156. The maximum Gasteiger partial charge on any atom is 0.332 e. The van der Waals surface area contributed by atoms with Crippen LogP contribution < -0.4 is 11.2 Å². The average molecular weight is 362 g/mol. The highest BCUT2D eigenvalue weighted by molar-refractivity contribution is 5.86. The topological polar surface area (TPSA) is 105 Å². The van der Waals surface area contributed by atoms with Gasteiger partial charge < -0.3 is 4.74 Å². The molecule has 0 amide bonds. The Bertz CT molecular complexity index is 997. The zero-order chi connectivity index (χ0) is 19.2. The highest BCUT2D eigenvalue weighted by atomic mass is 16.6. The maximum atomic E-state index is 12.7. The van der Waals surface area contributed by atoms with Crippen LogP contribution in [0.15, 0.2) is 15.9 Å². The summed E-state index contributed by atoms with van der Waals surface area (Å²) >= 11 is 0. The fraction of sp³-hybridized carbons (Fsp3) is 0.588. The number of aromatic nitrogens is 4. The van der Waals surface area contributed by atoms with Crippen LogP contribution in [0.3, 0.4) is 0 Å². The summed E-state index contributed by atoms with van der Waals surface area (Å²) in [5.74, 6) is -0.974. The van der Waals surface area contributed by atoms with Gasteiger partial charge in [-0.1, -0.05) is 20.8 Å². The lowest BCUT2D eigenvalue weighted by atomic mass is 10.0. The van der Waals surface area contributed by atoms with Crippen molar-refractivity contribution in [2.75, 3.05) is 0 Å². The number of ether oxygens (including phenoxy) is 1. The van der Waals surface area contributed by atoms with Gasteiger partial charge in [0.2, 0.25) is 0 Å². The molecule has 1 aliphatic heterocycles. The zero-order valence-electron chi connectivity index (χ0n) is 15.3. The van der Waals surface area contributed by atoms with Crippen LogP contribution in [0.4, 0.5) is 0 Å². The lowest BCUT2D eigenvalue weighted by Crippen LogP contribution is -2.39. The molecule has 0 radical (unpaired) electrons. The summed E-state index contributed by atoms with van der Waals surface area (Å²) in [5.41, 5.74) is -0.618. The van der Waals surface area contributed by atoms with Gasteiger partial charge in [-0.2, -0.15) is 0 Å². The number of carbonyl (C=O) groups is 2. The molecule has 1 saturated heterocycles. The van der Waals surface area contributed by atoms with E-state index in [1.165, 1.54) is 22.5 Å². The quantitative estimate of drug-likeness (QED) is 0.740. The van der Waals surface area contributed by atoms with Crippen molar-refractivity contribution < 1.29 is 14.3 Å². The van der Waals surface area contributed by atoms with E-state index >= 15 is 0 Å². The second kappa shape index (κ2) is 6.54. The molecule has 0 N–H and O–H groups in total. The lowest BCUT2D eigenvalue weighted by Gasteiger charge is -2.18.